The first-order valence-electron chi connectivity index (χ1n) is 5.56. The van der Waals surface area contributed by atoms with Crippen molar-refractivity contribution in [3.63, 3.8) is 0 Å². The maximum Gasteiger partial charge on any atom is 0.310 e. The second-order valence-corrected chi connectivity index (χ2v) is 4.61. The molecule has 3 aliphatic carbocycles. The van der Waals surface area contributed by atoms with Crippen molar-refractivity contribution in [2.75, 3.05) is 0 Å². The molecule has 0 aliphatic heterocycles. The summed E-state index contributed by atoms with van der Waals surface area (Å²) in [6.07, 6.45) is 3.24. The second kappa shape index (κ2) is 3.37. The van der Waals surface area contributed by atoms with Crippen molar-refractivity contribution in [1.82, 2.24) is 0 Å². The van der Waals surface area contributed by atoms with Crippen molar-refractivity contribution in [3.05, 3.63) is 35.9 Å². The summed E-state index contributed by atoms with van der Waals surface area (Å²) < 4.78 is 5.41. The fraction of sp³-hybridized carbons (Fsp3) is 0.462. The molecule has 4 rings (SSSR count). The molecule has 3 fully saturated rings. The van der Waals surface area contributed by atoms with Crippen LogP contribution < -0.4 is 0 Å². The molecule has 1 aromatic rings. The number of ether oxygens (including phenoxy) is 1. The van der Waals surface area contributed by atoms with Crippen LogP contribution in [0, 0.1) is 11.8 Å². The highest BCUT2D eigenvalue weighted by molar-refractivity contribution is 5.73. The number of hydrogen-bond acceptors (Lipinski definition) is 2. The molecule has 3 saturated carbocycles. The summed E-state index contributed by atoms with van der Waals surface area (Å²) in [6.45, 7) is 0. The van der Waals surface area contributed by atoms with Crippen LogP contribution in [0.4, 0.5) is 0 Å². The van der Waals surface area contributed by atoms with E-state index in [0.717, 1.165) is 5.56 Å². The Balaban J connectivity index is 1.53. The summed E-state index contributed by atoms with van der Waals surface area (Å²) in [5.41, 5.74) is 1.04. The number of hydrogen-bond donors (Lipinski definition) is 0. The Kier molecular flexibility index (Phi) is 2.01. The molecule has 0 heterocycles. The van der Waals surface area contributed by atoms with Gasteiger partial charge in [-0.2, -0.15) is 0 Å². The molecular formula is C13H14O2. The lowest BCUT2D eigenvalue weighted by atomic mass is 9.53. The minimum atomic E-state index is -0.0689. The minimum absolute atomic E-state index is 0.0689. The van der Waals surface area contributed by atoms with Gasteiger partial charge in [-0.05, 0) is 30.2 Å². The first kappa shape index (κ1) is 8.96. The molecule has 2 heteroatoms. The molecule has 3 aliphatic rings. The van der Waals surface area contributed by atoms with Crippen molar-refractivity contribution in [1.29, 1.82) is 0 Å². The predicted octanol–water partition coefficient (Wildman–Crippen LogP) is 2.18. The molecule has 15 heavy (non-hydrogen) atoms. The van der Waals surface area contributed by atoms with E-state index in [0.29, 0.717) is 18.3 Å². The Morgan fingerprint density at radius 1 is 1.20 bits per heavy atom. The lowest BCUT2D eigenvalue weighted by Gasteiger charge is -2.56. The van der Waals surface area contributed by atoms with Gasteiger partial charge in [0.15, 0.2) is 0 Å². The summed E-state index contributed by atoms with van der Waals surface area (Å²) in [5.74, 6) is 1.31. The van der Waals surface area contributed by atoms with E-state index in [1.165, 1.54) is 12.8 Å². The Bertz CT molecular complexity index is 357. The molecule has 2 bridgehead atoms. The molecule has 0 saturated heterocycles. The monoisotopic (exact) mass is 202 g/mol. The third kappa shape index (κ3) is 1.54. The van der Waals surface area contributed by atoms with Gasteiger partial charge in [0.2, 0.25) is 0 Å². The maximum atomic E-state index is 11.6. The molecule has 0 N–H and O–H groups in total. The first-order valence-corrected chi connectivity index (χ1v) is 5.56. The van der Waals surface area contributed by atoms with Gasteiger partial charge in [-0.15, -0.1) is 0 Å². The lowest BCUT2D eigenvalue weighted by Crippen LogP contribution is -2.57. The molecule has 0 spiro atoms. The zero-order valence-electron chi connectivity index (χ0n) is 8.56. The first-order chi connectivity index (χ1) is 7.33. The van der Waals surface area contributed by atoms with Gasteiger partial charge in [-0.25, -0.2) is 0 Å². The minimum Gasteiger partial charge on any atom is -0.462 e. The topological polar surface area (TPSA) is 26.3 Å². The van der Waals surface area contributed by atoms with Gasteiger partial charge in [0, 0.05) is 0 Å². The SMILES string of the molecule is O=C(Cc1ccccc1)OC1C2CC1C2. The quantitative estimate of drug-likeness (QED) is 0.702. The van der Waals surface area contributed by atoms with Crippen LogP contribution in [0.2, 0.25) is 0 Å². The summed E-state index contributed by atoms with van der Waals surface area (Å²) >= 11 is 0. The van der Waals surface area contributed by atoms with E-state index in [1.54, 1.807) is 0 Å². The zero-order valence-corrected chi connectivity index (χ0v) is 8.56. The lowest BCUT2D eigenvalue weighted by molar-refractivity contribution is -0.197. The third-order valence-electron chi connectivity index (χ3n) is 3.60. The van der Waals surface area contributed by atoms with Crippen molar-refractivity contribution in [2.24, 2.45) is 11.8 Å². The van der Waals surface area contributed by atoms with E-state index in [2.05, 4.69) is 0 Å². The normalized spacial score (nSPS) is 31.3. The molecule has 0 amide bonds. The smallest absolute Gasteiger partial charge is 0.310 e. The molecule has 0 aromatic heterocycles. The summed E-state index contributed by atoms with van der Waals surface area (Å²) in [6, 6.07) is 9.77. The highest BCUT2D eigenvalue weighted by Crippen LogP contribution is 2.55. The van der Waals surface area contributed by atoms with E-state index in [4.69, 9.17) is 4.74 Å². The molecule has 1 aromatic carbocycles. The van der Waals surface area contributed by atoms with Gasteiger partial charge in [0.05, 0.1) is 6.42 Å². The Morgan fingerprint density at radius 2 is 1.87 bits per heavy atom. The molecule has 0 unspecified atom stereocenters. The summed E-state index contributed by atoms with van der Waals surface area (Å²) in [4.78, 5) is 11.6. The number of esters is 1. The summed E-state index contributed by atoms with van der Waals surface area (Å²) in [5, 5.41) is 0. The zero-order chi connectivity index (χ0) is 10.3. The number of carbonyl (C=O) groups is 1. The highest BCUT2D eigenvalue weighted by Gasteiger charge is 2.55. The molecule has 0 atom stereocenters. The van der Waals surface area contributed by atoms with E-state index in [-0.39, 0.29) is 12.1 Å². The van der Waals surface area contributed by atoms with Crippen LogP contribution in [0.1, 0.15) is 18.4 Å². The number of carbonyl (C=O) groups excluding carboxylic acids is 1. The highest BCUT2D eigenvalue weighted by atomic mass is 16.5. The van der Waals surface area contributed by atoms with Crippen molar-refractivity contribution in [2.45, 2.75) is 25.4 Å². The van der Waals surface area contributed by atoms with Crippen LogP contribution >= 0.6 is 0 Å². The molecule has 78 valence electrons. The van der Waals surface area contributed by atoms with Crippen LogP contribution in [0.3, 0.4) is 0 Å². The van der Waals surface area contributed by atoms with Crippen molar-refractivity contribution >= 4 is 5.97 Å². The van der Waals surface area contributed by atoms with E-state index >= 15 is 0 Å². The van der Waals surface area contributed by atoms with Gasteiger partial charge in [-0.1, -0.05) is 30.3 Å². The largest absolute Gasteiger partial charge is 0.462 e. The average molecular weight is 202 g/mol. The third-order valence-corrected chi connectivity index (χ3v) is 3.60. The van der Waals surface area contributed by atoms with Crippen LogP contribution in [0.15, 0.2) is 30.3 Å². The second-order valence-electron chi connectivity index (χ2n) is 4.61. The Labute approximate surface area is 89.2 Å². The van der Waals surface area contributed by atoms with Gasteiger partial charge in [0.25, 0.3) is 0 Å². The Morgan fingerprint density at radius 3 is 2.40 bits per heavy atom. The van der Waals surface area contributed by atoms with Gasteiger partial charge in [0.1, 0.15) is 6.10 Å². The predicted molar refractivity (Wildman–Crippen MR) is 56.2 cm³/mol. The molecule has 0 radical (unpaired) electrons. The fourth-order valence-corrected chi connectivity index (χ4v) is 2.39. The van der Waals surface area contributed by atoms with Crippen LogP contribution in [0.5, 0.6) is 0 Å². The van der Waals surface area contributed by atoms with Gasteiger partial charge < -0.3 is 4.74 Å². The standard InChI is InChI=1S/C13H14O2/c14-12(6-9-4-2-1-3-5-9)15-13-10-7-11(13)8-10/h1-5,10-11,13H,6-8H2. The van der Waals surface area contributed by atoms with Crippen LogP contribution in [-0.2, 0) is 16.0 Å². The summed E-state index contributed by atoms with van der Waals surface area (Å²) in [7, 11) is 0. The number of rotatable bonds is 3. The van der Waals surface area contributed by atoms with E-state index < -0.39 is 0 Å². The van der Waals surface area contributed by atoms with E-state index in [1.807, 2.05) is 30.3 Å². The van der Waals surface area contributed by atoms with Crippen molar-refractivity contribution in [3.8, 4) is 0 Å². The van der Waals surface area contributed by atoms with Gasteiger partial charge >= 0.3 is 5.97 Å². The molecule has 2 nitrogen and oxygen atoms in total. The fourth-order valence-electron chi connectivity index (χ4n) is 2.39. The number of benzene rings is 1. The maximum absolute atomic E-state index is 11.6. The van der Waals surface area contributed by atoms with Crippen LogP contribution in [-0.4, -0.2) is 12.1 Å². The van der Waals surface area contributed by atoms with Gasteiger partial charge in [-0.3, -0.25) is 4.79 Å². The van der Waals surface area contributed by atoms with E-state index in [9.17, 15) is 4.79 Å². The van der Waals surface area contributed by atoms with Crippen LogP contribution in [0.25, 0.3) is 0 Å². The average Bonchev–Trinajstić information content (AvgIpc) is 2.13. The molecular weight excluding hydrogens is 188 g/mol. The Hall–Kier alpha value is -1.31. The van der Waals surface area contributed by atoms with Crippen molar-refractivity contribution < 1.29 is 9.53 Å².